The number of hydrazine groups is 1. The third-order valence-electron chi connectivity index (χ3n) is 5.77. The lowest BCUT2D eigenvalue weighted by molar-refractivity contribution is -0.163. The van der Waals surface area contributed by atoms with Gasteiger partial charge in [0.25, 0.3) is 5.54 Å². The van der Waals surface area contributed by atoms with Gasteiger partial charge in [-0.15, -0.1) is 0 Å². The van der Waals surface area contributed by atoms with Gasteiger partial charge in [0, 0.05) is 19.5 Å². The lowest BCUT2D eigenvalue weighted by Crippen LogP contribution is -2.65. The van der Waals surface area contributed by atoms with E-state index in [1.807, 2.05) is 89.9 Å². The van der Waals surface area contributed by atoms with E-state index >= 15 is 0 Å². The van der Waals surface area contributed by atoms with E-state index in [2.05, 4.69) is 0 Å². The first kappa shape index (κ1) is 21.6. The second-order valence-electron chi connectivity index (χ2n) is 7.75. The quantitative estimate of drug-likeness (QED) is 0.420. The van der Waals surface area contributed by atoms with Gasteiger partial charge in [0.1, 0.15) is 0 Å². The van der Waals surface area contributed by atoms with Crippen LogP contribution in [-0.2, 0) is 38.6 Å². The van der Waals surface area contributed by atoms with Crippen molar-refractivity contribution in [3.8, 4) is 0 Å². The highest BCUT2D eigenvalue weighted by atomic mass is 16.5. The minimum Gasteiger partial charge on any atom is -0.467 e. The number of para-hydroxylation sites is 1. The minimum atomic E-state index is -1.64. The molecule has 0 N–H and O–H groups in total. The number of rotatable bonds is 7. The van der Waals surface area contributed by atoms with Crippen molar-refractivity contribution in [1.82, 2.24) is 5.01 Å². The maximum absolute atomic E-state index is 13.2. The molecular weight excluding hydrogens is 404 g/mol. The number of carbonyl (C=O) groups excluding carboxylic acids is 2. The van der Waals surface area contributed by atoms with Crippen molar-refractivity contribution >= 4 is 17.6 Å². The van der Waals surface area contributed by atoms with Crippen LogP contribution in [0.5, 0.6) is 0 Å². The number of esters is 2. The molecule has 3 aromatic rings. The molecule has 1 heterocycles. The summed E-state index contributed by atoms with van der Waals surface area (Å²) in [5.41, 5.74) is 2.13. The SMILES string of the molecule is COC(=O)C1(C(=O)OC)Cc2ccccc2N1N(Cc1ccccc1)Cc1ccccc1. The van der Waals surface area contributed by atoms with Crippen molar-refractivity contribution in [2.75, 3.05) is 19.2 Å². The monoisotopic (exact) mass is 430 g/mol. The van der Waals surface area contributed by atoms with Gasteiger partial charge < -0.3 is 9.47 Å². The summed E-state index contributed by atoms with van der Waals surface area (Å²) < 4.78 is 10.3. The Balaban J connectivity index is 1.87. The molecule has 0 aliphatic carbocycles. The van der Waals surface area contributed by atoms with Crippen molar-refractivity contribution in [2.45, 2.75) is 25.0 Å². The lowest BCUT2D eigenvalue weighted by atomic mass is 9.94. The molecular formula is C26H26N2O4. The van der Waals surface area contributed by atoms with Crippen LogP contribution in [0.1, 0.15) is 16.7 Å². The van der Waals surface area contributed by atoms with Gasteiger partial charge in [-0.05, 0) is 22.8 Å². The molecule has 6 nitrogen and oxygen atoms in total. The first-order valence-electron chi connectivity index (χ1n) is 10.5. The standard InChI is InChI=1S/C26H26N2O4/c1-31-24(29)26(25(30)32-2)17-22-15-9-10-16-23(22)28(26)27(18-20-11-5-3-6-12-20)19-21-13-7-4-8-14-21/h3-16H,17-19H2,1-2H3. The zero-order chi connectivity index (χ0) is 22.6. The van der Waals surface area contributed by atoms with Gasteiger partial charge in [-0.2, -0.15) is 0 Å². The fraction of sp³-hybridized carbons (Fsp3) is 0.231. The van der Waals surface area contributed by atoms with Crippen LogP contribution < -0.4 is 5.01 Å². The zero-order valence-corrected chi connectivity index (χ0v) is 18.2. The number of nitrogens with zero attached hydrogens (tertiary/aromatic N) is 2. The molecule has 0 atom stereocenters. The molecule has 1 aliphatic rings. The maximum atomic E-state index is 13.2. The van der Waals surface area contributed by atoms with Gasteiger partial charge >= 0.3 is 11.9 Å². The highest BCUT2D eigenvalue weighted by Gasteiger charge is 2.60. The summed E-state index contributed by atoms with van der Waals surface area (Å²) in [5, 5.41) is 3.80. The molecule has 1 aliphatic heterocycles. The van der Waals surface area contributed by atoms with E-state index in [1.54, 1.807) is 5.01 Å². The van der Waals surface area contributed by atoms with Gasteiger partial charge in [-0.1, -0.05) is 78.9 Å². The first-order chi connectivity index (χ1) is 15.6. The van der Waals surface area contributed by atoms with Crippen molar-refractivity contribution in [2.24, 2.45) is 0 Å². The molecule has 0 spiro atoms. The molecule has 0 bridgehead atoms. The van der Waals surface area contributed by atoms with Crippen LogP contribution in [0, 0.1) is 0 Å². The van der Waals surface area contributed by atoms with Crippen molar-refractivity contribution in [3.05, 3.63) is 102 Å². The predicted octanol–water partition coefficient (Wildman–Crippen LogP) is 3.75. The third kappa shape index (κ3) is 3.85. The fourth-order valence-corrected chi connectivity index (χ4v) is 4.34. The molecule has 0 fully saturated rings. The third-order valence-corrected chi connectivity index (χ3v) is 5.77. The Kier molecular flexibility index (Phi) is 6.23. The summed E-state index contributed by atoms with van der Waals surface area (Å²) in [5.74, 6) is -1.29. The number of methoxy groups -OCH3 is 2. The zero-order valence-electron chi connectivity index (χ0n) is 18.2. The molecule has 3 aromatic carbocycles. The second kappa shape index (κ2) is 9.24. The van der Waals surface area contributed by atoms with Gasteiger partial charge in [0.2, 0.25) is 0 Å². The van der Waals surface area contributed by atoms with E-state index < -0.39 is 17.5 Å². The first-order valence-corrected chi connectivity index (χ1v) is 10.5. The van der Waals surface area contributed by atoms with Crippen LogP contribution in [0.25, 0.3) is 0 Å². The van der Waals surface area contributed by atoms with Crippen LogP contribution in [0.2, 0.25) is 0 Å². The molecule has 164 valence electrons. The number of carbonyl (C=O) groups is 2. The smallest absolute Gasteiger partial charge is 0.345 e. The Morgan fingerprint density at radius 1 is 0.781 bits per heavy atom. The second-order valence-corrected chi connectivity index (χ2v) is 7.75. The van der Waals surface area contributed by atoms with Gasteiger partial charge in [-0.3, -0.25) is 5.01 Å². The molecule has 0 aromatic heterocycles. The Morgan fingerprint density at radius 2 is 1.25 bits per heavy atom. The van der Waals surface area contributed by atoms with Crippen LogP contribution in [0.3, 0.4) is 0 Å². The van der Waals surface area contributed by atoms with Crippen LogP contribution >= 0.6 is 0 Å². The number of hydrogen-bond donors (Lipinski definition) is 0. The summed E-state index contributed by atoms with van der Waals surface area (Å²) >= 11 is 0. The summed E-state index contributed by atoms with van der Waals surface area (Å²) in [4.78, 5) is 26.5. The normalized spacial score (nSPS) is 14.2. The Labute approximate surface area is 187 Å². The predicted molar refractivity (Wildman–Crippen MR) is 122 cm³/mol. The largest absolute Gasteiger partial charge is 0.467 e. The highest BCUT2D eigenvalue weighted by molar-refractivity contribution is 6.10. The van der Waals surface area contributed by atoms with Crippen molar-refractivity contribution in [3.63, 3.8) is 0 Å². The van der Waals surface area contributed by atoms with E-state index in [0.717, 1.165) is 22.4 Å². The number of hydrogen-bond acceptors (Lipinski definition) is 6. The number of benzene rings is 3. The molecule has 0 saturated heterocycles. The summed E-state index contributed by atoms with van der Waals surface area (Å²) in [6.07, 6.45) is 0.169. The fourth-order valence-electron chi connectivity index (χ4n) is 4.34. The average Bonchev–Trinajstić information content (AvgIpc) is 3.20. The minimum absolute atomic E-state index is 0.169. The highest BCUT2D eigenvalue weighted by Crippen LogP contribution is 2.42. The van der Waals surface area contributed by atoms with Gasteiger partial charge in [0.05, 0.1) is 19.9 Å². The van der Waals surface area contributed by atoms with Crippen molar-refractivity contribution in [1.29, 1.82) is 0 Å². The van der Waals surface area contributed by atoms with E-state index in [9.17, 15) is 9.59 Å². The molecule has 0 unspecified atom stereocenters. The van der Waals surface area contributed by atoms with E-state index in [0.29, 0.717) is 13.1 Å². The van der Waals surface area contributed by atoms with Crippen LogP contribution in [-0.4, -0.2) is 36.7 Å². The van der Waals surface area contributed by atoms with Gasteiger partial charge in [0.15, 0.2) is 0 Å². The molecule has 32 heavy (non-hydrogen) atoms. The van der Waals surface area contributed by atoms with Crippen molar-refractivity contribution < 1.29 is 19.1 Å². The van der Waals surface area contributed by atoms with E-state index in [-0.39, 0.29) is 6.42 Å². The van der Waals surface area contributed by atoms with E-state index in [1.165, 1.54) is 14.2 Å². The number of ether oxygens (including phenoxy) is 2. The van der Waals surface area contributed by atoms with Gasteiger partial charge in [-0.25, -0.2) is 14.6 Å². The van der Waals surface area contributed by atoms with Crippen LogP contribution in [0.15, 0.2) is 84.9 Å². The molecule has 4 rings (SSSR count). The lowest BCUT2D eigenvalue weighted by Gasteiger charge is -2.42. The Morgan fingerprint density at radius 3 is 1.75 bits per heavy atom. The topological polar surface area (TPSA) is 59.1 Å². The summed E-state index contributed by atoms with van der Waals surface area (Å²) in [6.45, 7) is 0.972. The number of fused-ring (bicyclic) bond motifs is 1. The molecule has 0 saturated carbocycles. The Hall–Kier alpha value is -3.64. The summed E-state index contributed by atoms with van der Waals surface area (Å²) in [7, 11) is 2.60. The molecule has 6 heteroatoms. The van der Waals surface area contributed by atoms with Crippen LogP contribution in [0.4, 0.5) is 5.69 Å². The van der Waals surface area contributed by atoms with E-state index in [4.69, 9.17) is 9.47 Å². The average molecular weight is 431 g/mol. The summed E-state index contributed by atoms with van der Waals surface area (Å²) in [6, 6.07) is 27.6. The molecule has 0 radical (unpaired) electrons. The Bertz CT molecular complexity index is 1030. The molecule has 0 amide bonds. The maximum Gasteiger partial charge on any atom is 0.345 e. The number of anilines is 1.